The van der Waals surface area contributed by atoms with Crippen LogP contribution < -0.4 is 9.47 Å². The van der Waals surface area contributed by atoms with Crippen LogP contribution in [-0.2, 0) is 4.79 Å². The van der Waals surface area contributed by atoms with Gasteiger partial charge in [0.25, 0.3) is 0 Å². The van der Waals surface area contributed by atoms with Crippen LogP contribution in [0.1, 0.15) is 43.4 Å². The summed E-state index contributed by atoms with van der Waals surface area (Å²) < 4.78 is 53.9. The van der Waals surface area contributed by atoms with Crippen molar-refractivity contribution in [2.24, 2.45) is 11.8 Å². The molecule has 0 amide bonds. The van der Waals surface area contributed by atoms with Crippen molar-refractivity contribution in [3.63, 3.8) is 0 Å². The molecule has 0 spiro atoms. The number of fused-ring (bicyclic) bond motifs is 1. The lowest BCUT2D eigenvalue weighted by Gasteiger charge is -2.24. The molecule has 2 aromatic heterocycles. The number of nitrogens with zero attached hydrogens (tertiary/aromatic N) is 2. The zero-order valence-electron chi connectivity index (χ0n) is 22.2. The van der Waals surface area contributed by atoms with E-state index in [4.69, 9.17) is 9.47 Å². The van der Waals surface area contributed by atoms with Crippen molar-refractivity contribution in [2.75, 3.05) is 7.11 Å². The molecular formula is C30H28ClF3N2O4S. The van der Waals surface area contributed by atoms with Crippen molar-refractivity contribution in [1.82, 2.24) is 9.97 Å². The molecule has 0 saturated carbocycles. The van der Waals surface area contributed by atoms with Gasteiger partial charge in [-0.25, -0.2) is 9.97 Å². The second kappa shape index (κ2) is 12.5. The molecule has 11 heteroatoms. The Bertz CT molecular complexity index is 1560. The molecule has 3 atom stereocenters. The van der Waals surface area contributed by atoms with E-state index in [-0.39, 0.29) is 29.8 Å². The number of carboxylic acid groups (broad SMARTS) is 1. The summed E-state index contributed by atoms with van der Waals surface area (Å²) in [5, 5.41) is 11.2. The Labute approximate surface area is 245 Å². The first kappa shape index (κ1) is 30.3. The van der Waals surface area contributed by atoms with Crippen molar-refractivity contribution in [3.05, 3.63) is 77.4 Å². The van der Waals surface area contributed by atoms with Gasteiger partial charge in [0.1, 0.15) is 16.8 Å². The smallest absolute Gasteiger partial charge is 0.429 e. The fourth-order valence-electron chi connectivity index (χ4n) is 4.98. The number of methoxy groups -OCH3 is 1. The number of carbonyl (C=O) groups is 1. The van der Waals surface area contributed by atoms with Crippen LogP contribution in [0.15, 0.2) is 66.3 Å². The molecular weight excluding hydrogens is 577 g/mol. The molecule has 0 aliphatic heterocycles. The summed E-state index contributed by atoms with van der Waals surface area (Å²) in [7, 11) is 1.55. The van der Waals surface area contributed by atoms with Gasteiger partial charge >= 0.3 is 12.1 Å². The number of thiophene rings is 1. The molecule has 0 saturated heterocycles. The molecule has 2 unspecified atom stereocenters. The molecule has 0 fully saturated rings. The van der Waals surface area contributed by atoms with Gasteiger partial charge in [0.05, 0.1) is 18.5 Å². The Morgan fingerprint density at radius 3 is 2.51 bits per heavy atom. The molecule has 1 aliphatic carbocycles. The van der Waals surface area contributed by atoms with Crippen LogP contribution in [0.2, 0.25) is 0 Å². The number of ether oxygens (including phenoxy) is 2. The highest BCUT2D eigenvalue weighted by Gasteiger charge is 2.44. The lowest BCUT2D eigenvalue weighted by atomic mass is 9.80. The maximum Gasteiger partial charge on any atom is 0.429 e. The molecule has 1 N–H and O–H groups in total. The third-order valence-corrected chi connectivity index (χ3v) is 8.32. The number of rotatable bonds is 8. The van der Waals surface area contributed by atoms with E-state index in [0.717, 1.165) is 22.3 Å². The number of aromatic nitrogens is 2. The maximum atomic E-state index is 14.2. The Hall–Kier alpha value is -3.63. The third kappa shape index (κ3) is 6.49. The van der Waals surface area contributed by atoms with Crippen LogP contribution in [-0.4, -0.2) is 34.3 Å². The zero-order chi connectivity index (χ0) is 28.4. The summed E-state index contributed by atoms with van der Waals surface area (Å²) in [6.45, 7) is 1.71. The largest absolute Gasteiger partial charge is 0.497 e. The predicted octanol–water partition coefficient (Wildman–Crippen LogP) is 8.38. The minimum atomic E-state index is -4.68. The van der Waals surface area contributed by atoms with Crippen LogP contribution in [0.25, 0.3) is 26.9 Å². The van der Waals surface area contributed by atoms with Crippen LogP contribution in [0, 0.1) is 11.8 Å². The second-order valence-corrected chi connectivity index (χ2v) is 10.7. The van der Waals surface area contributed by atoms with Gasteiger partial charge in [0.15, 0.2) is 0 Å². The van der Waals surface area contributed by atoms with E-state index in [9.17, 15) is 23.1 Å². The Kier molecular flexibility index (Phi) is 9.24. The number of carboxylic acids is 1. The van der Waals surface area contributed by atoms with Gasteiger partial charge in [-0.1, -0.05) is 49.4 Å². The minimum Gasteiger partial charge on any atom is -0.497 e. The quantitative estimate of drug-likeness (QED) is 0.218. The predicted molar refractivity (Wildman–Crippen MR) is 155 cm³/mol. The van der Waals surface area contributed by atoms with E-state index in [1.54, 1.807) is 32.2 Å². The van der Waals surface area contributed by atoms with Crippen molar-refractivity contribution in [1.29, 1.82) is 0 Å². The molecule has 0 radical (unpaired) electrons. The molecule has 41 heavy (non-hydrogen) atoms. The van der Waals surface area contributed by atoms with Crippen molar-refractivity contribution in [2.45, 2.75) is 38.5 Å². The average Bonchev–Trinajstić information content (AvgIpc) is 3.40. The highest BCUT2D eigenvalue weighted by Crippen LogP contribution is 2.43. The first-order valence-corrected chi connectivity index (χ1v) is 13.7. The van der Waals surface area contributed by atoms with E-state index in [1.165, 1.54) is 29.8 Å². The molecule has 5 rings (SSSR count). The van der Waals surface area contributed by atoms with Crippen LogP contribution in [0.3, 0.4) is 0 Å². The van der Waals surface area contributed by atoms with Gasteiger partial charge in [-0.05, 0) is 54.0 Å². The molecule has 1 aliphatic rings. The van der Waals surface area contributed by atoms with Gasteiger partial charge in [0, 0.05) is 16.5 Å². The normalized spacial score (nSPS) is 16.8. The summed E-state index contributed by atoms with van der Waals surface area (Å²) in [6.07, 6.45) is -1.67. The fourth-order valence-corrected chi connectivity index (χ4v) is 5.96. The van der Waals surface area contributed by atoms with Gasteiger partial charge in [0.2, 0.25) is 12.0 Å². The highest BCUT2D eigenvalue weighted by atomic mass is 35.5. The second-order valence-electron chi connectivity index (χ2n) is 9.79. The fraction of sp³-hybridized carbons (Fsp3) is 0.300. The number of hydrogen-bond acceptors (Lipinski definition) is 6. The summed E-state index contributed by atoms with van der Waals surface area (Å²) in [6, 6.07) is 13.4. The van der Waals surface area contributed by atoms with Gasteiger partial charge in [-0.3, -0.25) is 4.79 Å². The molecule has 6 nitrogen and oxygen atoms in total. The van der Waals surface area contributed by atoms with Crippen molar-refractivity contribution < 1.29 is 32.5 Å². The number of allylic oxidation sites excluding steroid dienone is 2. The van der Waals surface area contributed by atoms with E-state index in [1.807, 2.05) is 29.7 Å². The monoisotopic (exact) mass is 604 g/mol. The van der Waals surface area contributed by atoms with Gasteiger partial charge in [-0.15, -0.1) is 23.7 Å². The van der Waals surface area contributed by atoms with Crippen LogP contribution >= 0.6 is 23.7 Å². The number of alkyl halides is 3. The Morgan fingerprint density at radius 1 is 1.12 bits per heavy atom. The summed E-state index contributed by atoms with van der Waals surface area (Å²) in [5.41, 5.74) is 3.87. The van der Waals surface area contributed by atoms with E-state index in [0.29, 0.717) is 35.2 Å². The maximum absolute atomic E-state index is 14.2. The first-order valence-electron chi connectivity index (χ1n) is 12.8. The standard InChI is InChI=1S/C30H27F3N2O4S.ClH/c1-17(29(36)37)18-6-10-20(11-7-18)24-15-40-26-25(24)34-16-35-28(26)39-27(30(31,32)33)21-12-8-19(9-13-21)22-4-3-5-23(14-22)38-2;/h3-5,8-10,12-18,27H,6-7,11H2,1-2H3,(H,36,37);1H/t17?,18?,27-;/m1./s1. The number of hydrogen-bond donors (Lipinski definition) is 1. The Balaban J connectivity index is 0.00000387. The van der Waals surface area contributed by atoms with Crippen molar-refractivity contribution in [3.8, 4) is 22.8 Å². The Morgan fingerprint density at radius 2 is 1.88 bits per heavy atom. The number of aliphatic carboxylic acids is 1. The summed E-state index contributed by atoms with van der Waals surface area (Å²) in [4.78, 5) is 19.8. The minimum absolute atomic E-state index is 0. The number of benzene rings is 2. The molecule has 4 aromatic rings. The molecule has 2 aromatic carbocycles. The third-order valence-electron chi connectivity index (χ3n) is 7.36. The first-order chi connectivity index (χ1) is 19.2. The highest BCUT2D eigenvalue weighted by molar-refractivity contribution is 7.17. The molecule has 0 bridgehead atoms. The van der Waals surface area contributed by atoms with E-state index in [2.05, 4.69) is 9.97 Å². The lowest BCUT2D eigenvalue weighted by molar-refractivity contribution is -0.198. The topological polar surface area (TPSA) is 81.5 Å². The lowest BCUT2D eigenvalue weighted by Crippen LogP contribution is -2.26. The van der Waals surface area contributed by atoms with Gasteiger partial charge in [-0.2, -0.15) is 13.2 Å². The summed E-state index contributed by atoms with van der Waals surface area (Å²) >= 11 is 1.23. The van der Waals surface area contributed by atoms with Gasteiger partial charge < -0.3 is 14.6 Å². The van der Waals surface area contributed by atoms with E-state index < -0.39 is 24.2 Å². The van der Waals surface area contributed by atoms with Crippen LogP contribution in [0.4, 0.5) is 13.2 Å². The zero-order valence-corrected chi connectivity index (χ0v) is 23.9. The van der Waals surface area contributed by atoms with E-state index >= 15 is 0 Å². The molecule has 2 heterocycles. The SMILES string of the molecule is COc1cccc(-c2ccc([C@@H](Oc3ncnc4c(C5=CCC(C(C)C(=O)O)CC5)csc34)C(F)(F)F)cc2)c1.Cl. The average molecular weight is 605 g/mol. The van der Waals surface area contributed by atoms with Crippen LogP contribution in [0.5, 0.6) is 11.6 Å². The number of halogens is 4. The van der Waals surface area contributed by atoms with Crippen molar-refractivity contribution >= 4 is 45.5 Å². The summed E-state index contributed by atoms with van der Waals surface area (Å²) in [5.74, 6) is -0.689. The molecule has 216 valence electrons.